The lowest BCUT2D eigenvalue weighted by molar-refractivity contribution is -0.384. The zero-order valence-electron chi connectivity index (χ0n) is 10.3. The molecule has 3 rings (SSSR count). The van der Waals surface area contributed by atoms with Crippen LogP contribution in [0.5, 0.6) is 0 Å². The van der Waals surface area contributed by atoms with Crippen LogP contribution in [0, 0.1) is 17.0 Å². The van der Waals surface area contributed by atoms with Gasteiger partial charge in [-0.3, -0.25) is 10.1 Å². The zero-order chi connectivity index (χ0) is 13.4. The van der Waals surface area contributed by atoms with Crippen LogP contribution in [0.3, 0.4) is 0 Å². The second-order valence-electron chi connectivity index (χ2n) is 4.32. The predicted octanol–water partition coefficient (Wildman–Crippen LogP) is 3.22. The molecule has 0 amide bonds. The quantitative estimate of drug-likeness (QED) is 0.520. The Bertz CT molecular complexity index is 777. The van der Waals surface area contributed by atoms with E-state index in [1.807, 2.05) is 35.9 Å². The highest BCUT2D eigenvalue weighted by Gasteiger charge is 2.16. The third-order valence-electron chi connectivity index (χ3n) is 3.05. The standard InChI is InChI=1S/C14H11N3O2/c1-10-5-4-8-16-9-12(15-14(10)16)11-6-2-3-7-13(11)17(18)19/h2-9H,1H3. The number of nitro groups is 1. The molecule has 5 heteroatoms. The van der Waals surface area contributed by atoms with Gasteiger partial charge in [0, 0.05) is 18.5 Å². The Morgan fingerprint density at radius 3 is 2.74 bits per heavy atom. The molecule has 0 unspecified atom stereocenters. The first-order valence-electron chi connectivity index (χ1n) is 5.85. The largest absolute Gasteiger partial charge is 0.306 e. The highest BCUT2D eigenvalue weighted by molar-refractivity contribution is 5.72. The molecule has 1 aromatic carbocycles. The van der Waals surface area contributed by atoms with Crippen molar-refractivity contribution < 1.29 is 4.92 Å². The van der Waals surface area contributed by atoms with E-state index in [2.05, 4.69) is 4.98 Å². The number of nitrogens with zero attached hydrogens (tertiary/aromatic N) is 3. The van der Waals surface area contributed by atoms with Gasteiger partial charge in [-0.2, -0.15) is 0 Å². The number of rotatable bonds is 2. The van der Waals surface area contributed by atoms with Gasteiger partial charge >= 0.3 is 0 Å². The Balaban J connectivity index is 2.25. The number of hydrogen-bond acceptors (Lipinski definition) is 3. The summed E-state index contributed by atoms with van der Waals surface area (Å²) in [5.74, 6) is 0. The molecule has 2 heterocycles. The highest BCUT2D eigenvalue weighted by atomic mass is 16.6. The number of hydrogen-bond donors (Lipinski definition) is 0. The van der Waals surface area contributed by atoms with Crippen LogP contribution < -0.4 is 0 Å². The molecular formula is C14H11N3O2. The Kier molecular flexibility index (Phi) is 2.52. The van der Waals surface area contributed by atoms with Gasteiger partial charge in [0.2, 0.25) is 0 Å². The molecule has 5 nitrogen and oxygen atoms in total. The average molecular weight is 253 g/mol. The molecule has 0 saturated carbocycles. The van der Waals surface area contributed by atoms with Gasteiger partial charge in [-0.25, -0.2) is 4.98 Å². The molecule has 94 valence electrons. The van der Waals surface area contributed by atoms with Gasteiger partial charge in [0.15, 0.2) is 0 Å². The Labute approximate surface area is 109 Å². The molecule has 0 fully saturated rings. The summed E-state index contributed by atoms with van der Waals surface area (Å²) in [5.41, 5.74) is 3.07. The monoisotopic (exact) mass is 253 g/mol. The lowest BCUT2D eigenvalue weighted by atomic mass is 10.1. The van der Waals surface area contributed by atoms with Crippen LogP contribution in [0.15, 0.2) is 48.8 Å². The maximum absolute atomic E-state index is 11.0. The lowest BCUT2D eigenvalue weighted by Gasteiger charge is -1.97. The number of aromatic nitrogens is 2. The molecule has 2 aromatic heterocycles. The van der Waals surface area contributed by atoms with Crippen molar-refractivity contribution in [3.63, 3.8) is 0 Å². The second-order valence-corrected chi connectivity index (χ2v) is 4.32. The van der Waals surface area contributed by atoms with E-state index in [9.17, 15) is 10.1 Å². The summed E-state index contributed by atoms with van der Waals surface area (Å²) < 4.78 is 1.88. The molecule has 0 aliphatic heterocycles. The Morgan fingerprint density at radius 1 is 1.21 bits per heavy atom. The van der Waals surface area contributed by atoms with Gasteiger partial charge in [-0.15, -0.1) is 0 Å². The van der Waals surface area contributed by atoms with Crippen molar-refractivity contribution in [1.82, 2.24) is 9.38 Å². The van der Waals surface area contributed by atoms with E-state index in [0.29, 0.717) is 11.3 Å². The van der Waals surface area contributed by atoms with E-state index in [1.165, 1.54) is 6.07 Å². The number of para-hydroxylation sites is 1. The summed E-state index contributed by atoms with van der Waals surface area (Å²) in [6, 6.07) is 10.5. The van der Waals surface area contributed by atoms with Crippen molar-refractivity contribution >= 4 is 11.3 Å². The molecule has 0 bridgehead atoms. The number of nitro benzene ring substituents is 1. The topological polar surface area (TPSA) is 60.4 Å². The third kappa shape index (κ3) is 1.85. The van der Waals surface area contributed by atoms with Crippen LogP contribution >= 0.6 is 0 Å². The van der Waals surface area contributed by atoms with E-state index < -0.39 is 0 Å². The summed E-state index contributed by atoms with van der Waals surface area (Å²) in [5, 5.41) is 11.0. The second kappa shape index (κ2) is 4.20. The van der Waals surface area contributed by atoms with Gasteiger partial charge in [0.05, 0.1) is 16.2 Å². The van der Waals surface area contributed by atoms with Crippen molar-refractivity contribution in [2.24, 2.45) is 0 Å². The minimum atomic E-state index is -0.383. The molecule has 3 aromatic rings. The summed E-state index contributed by atoms with van der Waals surface area (Å²) in [6.07, 6.45) is 3.69. The molecule has 0 radical (unpaired) electrons. The van der Waals surface area contributed by atoms with Gasteiger partial charge in [-0.05, 0) is 24.6 Å². The first-order valence-corrected chi connectivity index (χ1v) is 5.85. The van der Waals surface area contributed by atoms with Crippen LogP contribution in [0.2, 0.25) is 0 Å². The van der Waals surface area contributed by atoms with Gasteiger partial charge in [0.1, 0.15) is 5.65 Å². The van der Waals surface area contributed by atoms with E-state index >= 15 is 0 Å². The van der Waals surface area contributed by atoms with E-state index in [4.69, 9.17) is 0 Å². The van der Waals surface area contributed by atoms with E-state index in [0.717, 1.165) is 11.2 Å². The third-order valence-corrected chi connectivity index (χ3v) is 3.05. The van der Waals surface area contributed by atoms with E-state index in [1.54, 1.807) is 18.2 Å². The average Bonchev–Trinajstić information content (AvgIpc) is 2.84. The summed E-state index contributed by atoms with van der Waals surface area (Å²) in [4.78, 5) is 15.1. The lowest BCUT2D eigenvalue weighted by Crippen LogP contribution is -1.91. The fourth-order valence-corrected chi connectivity index (χ4v) is 2.13. The van der Waals surface area contributed by atoms with Gasteiger partial charge in [0.25, 0.3) is 5.69 Å². The number of benzene rings is 1. The minimum absolute atomic E-state index is 0.0727. The number of pyridine rings is 1. The Morgan fingerprint density at radius 2 is 2.00 bits per heavy atom. The molecule has 0 saturated heterocycles. The maximum Gasteiger partial charge on any atom is 0.278 e. The molecule has 0 aliphatic carbocycles. The first kappa shape index (κ1) is 11.4. The molecule has 0 atom stereocenters. The van der Waals surface area contributed by atoms with E-state index in [-0.39, 0.29) is 10.6 Å². The zero-order valence-corrected chi connectivity index (χ0v) is 10.3. The number of imidazole rings is 1. The van der Waals surface area contributed by atoms with Crippen molar-refractivity contribution in [3.8, 4) is 11.3 Å². The predicted molar refractivity (Wildman–Crippen MR) is 72.0 cm³/mol. The molecule has 0 spiro atoms. The van der Waals surface area contributed by atoms with Crippen LogP contribution in [0.4, 0.5) is 5.69 Å². The fourth-order valence-electron chi connectivity index (χ4n) is 2.13. The van der Waals surface area contributed by atoms with Crippen LogP contribution in [0.25, 0.3) is 16.9 Å². The van der Waals surface area contributed by atoms with Gasteiger partial charge < -0.3 is 4.40 Å². The first-order chi connectivity index (χ1) is 9.16. The van der Waals surface area contributed by atoms with Crippen LogP contribution in [-0.2, 0) is 0 Å². The van der Waals surface area contributed by atoms with Crippen molar-refractivity contribution in [1.29, 1.82) is 0 Å². The molecule has 0 aliphatic rings. The van der Waals surface area contributed by atoms with Crippen LogP contribution in [0.1, 0.15) is 5.56 Å². The van der Waals surface area contributed by atoms with Gasteiger partial charge in [-0.1, -0.05) is 18.2 Å². The number of aryl methyl sites for hydroxylation is 1. The SMILES string of the molecule is Cc1cccn2cc(-c3ccccc3[N+](=O)[O-])nc12. The summed E-state index contributed by atoms with van der Waals surface area (Å²) in [6.45, 7) is 1.96. The molecule has 19 heavy (non-hydrogen) atoms. The van der Waals surface area contributed by atoms with Crippen molar-refractivity contribution in [2.75, 3.05) is 0 Å². The number of fused-ring (bicyclic) bond motifs is 1. The fraction of sp³-hybridized carbons (Fsp3) is 0.0714. The normalized spacial score (nSPS) is 10.8. The summed E-state index contributed by atoms with van der Waals surface area (Å²) in [7, 11) is 0. The molecule has 0 N–H and O–H groups in total. The minimum Gasteiger partial charge on any atom is -0.306 e. The Hall–Kier alpha value is -2.69. The van der Waals surface area contributed by atoms with Crippen LogP contribution in [-0.4, -0.2) is 14.3 Å². The smallest absolute Gasteiger partial charge is 0.278 e. The summed E-state index contributed by atoms with van der Waals surface area (Å²) >= 11 is 0. The van der Waals surface area contributed by atoms with Crippen molar-refractivity contribution in [2.45, 2.75) is 6.92 Å². The highest BCUT2D eigenvalue weighted by Crippen LogP contribution is 2.29. The molecular weight excluding hydrogens is 242 g/mol. The van der Waals surface area contributed by atoms with Crippen molar-refractivity contribution in [3.05, 3.63) is 64.5 Å². The maximum atomic E-state index is 11.0.